The van der Waals surface area contributed by atoms with E-state index in [4.69, 9.17) is 9.47 Å². The average Bonchev–Trinajstić information content (AvgIpc) is 2.66. The van der Waals surface area contributed by atoms with Crippen LogP contribution in [0, 0.1) is 0 Å². The molecule has 0 fully saturated rings. The Morgan fingerprint density at radius 3 is 1.87 bits per heavy atom. The Bertz CT molecular complexity index is 280. The Hall–Kier alpha value is -0.700. The van der Waals surface area contributed by atoms with Gasteiger partial charge in [-0.25, -0.2) is 0 Å². The van der Waals surface area contributed by atoms with Crippen molar-refractivity contribution in [1.82, 2.24) is 0 Å². The van der Waals surface area contributed by atoms with Crippen LogP contribution in [0.25, 0.3) is 0 Å². The zero-order chi connectivity index (χ0) is 10.7. The summed E-state index contributed by atoms with van der Waals surface area (Å²) in [4.78, 5) is 0. The standard InChI is InChI=1S/C12H18O2S/c1-3-5-9-10(6-4-2)14-12-8-15-7-11(12)13-9/h7-10H,3-6H2,1-2H3. The summed E-state index contributed by atoms with van der Waals surface area (Å²) >= 11 is 1.65. The van der Waals surface area contributed by atoms with E-state index in [1.54, 1.807) is 11.3 Å². The largest absolute Gasteiger partial charge is 0.482 e. The van der Waals surface area contributed by atoms with Gasteiger partial charge in [0.05, 0.1) is 0 Å². The van der Waals surface area contributed by atoms with Gasteiger partial charge in [0.2, 0.25) is 0 Å². The lowest BCUT2D eigenvalue weighted by Crippen LogP contribution is -2.39. The number of ether oxygens (including phenoxy) is 2. The Morgan fingerprint density at radius 2 is 1.47 bits per heavy atom. The molecule has 15 heavy (non-hydrogen) atoms. The monoisotopic (exact) mass is 226 g/mol. The summed E-state index contributed by atoms with van der Waals surface area (Å²) in [7, 11) is 0. The number of hydrogen-bond acceptors (Lipinski definition) is 3. The summed E-state index contributed by atoms with van der Waals surface area (Å²) < 4.78 is 11.9. The fourth-order valence-corrected chi connectivity index (χ4v) is 2.64. The first-order valence-corrected chi connectivity index (χ1v) is 6.69. The lowest BCUT2D eigenvalue weighted by atomic mass is 10.0. The second-order valence-corrected chi connectivity index (χ2v) is 4.73. The van der Waals surface area contributed by atoms with E-state index in [9.17, 15) is 0 Å². The highest BCUT2D eigenvalue weighted by molar-refractivity contribution is 7.08. The molecule has 2 unspecified atom stereocenters. The van der Waals surface area contributed by atoms with E-state index in [-0.39, 0.29) is 12.2 Å². The summed E-state index contributed by atoms with van der Waals surface area (Å²) in [5, 5.41) is 4.06. The Kier molecular flexibility index (Phi) is 3.52. The van der Waals surface area contributed by atoms with Crippen LogP contribution < -0.4 is 9.47 Å². The second kappa shape index (κ2) is 4.88. The van der Waals surface area contributed by atoms with Crippen LogP contribution >= 0.6 is 11.3 Å². The van der Waals surface area contributed by atoms with Crippen LogP contribution in [0.2, 0.25) is 0 Å². The number of rotatable bonds is 4. The van der Waals surface area contributed by atoms with Gasteiger partial charge in [0.1, 0.15) is 12.2 Å². The maximum absolute atomic E-state index is 5.96. The third-order valence-corrected chi connectivity index (χ3v) is 3.41. The SMILES string of the molecule is CCCC1Oc2cscc2OC1CCC. The minimum atomic E-state index is 0.247. The molecule has 0 spiro atoms. The first kappa shape index (κ1) is 10.8. The summed E-state index contributed by atoms with van der Waals surface area (Å²) in [6.07, 6.45) is 4.95. The molecule has 84 valence electrons. The quantitative estimate of drug-likeness (QED) is 0.776. The zero-order valence-electron chi connectivity index (χ0n) is 9.36. The molecule has 1 aromatic heterocycles. The second-order valence-electron chi connectivity index (χ2n) is 3.99. The van der Waals surface area contributed by atoms with E-state index in [0.717, 1.165) is 37.2 Å². The van der Waals surface area contributed by atoms with E-state index in [2.05, 4.69) is 13.8 Å². The predicted molar refractivity (Wildman–Crippen MR) is 63.0 cm³/mol. The third kappa shape index (κ3) is 2.28. The fraction of sp³-hybridized carbons (Fsp3) is 0.667. The number of fused-ring (bicyclic) bond motifs is 1. The van der Waals surface area contributed by atoms with Gasteiger partial charge < -0.3 is 9.47 Å². The van der Waals surface area contributed by atoms with Gasteiger partial charge in [0.15, 0.2) is 11.5 Å². The zero-order valence-corrected chi connectivity index (χ0v) is 10.2. The summed E-state index contributed by atoms with van der Waals surface area (Å²) in [6, 6.07) is 0. The molecular weight excluding hydrogens is 208 g/mol. The van der Waals surface area contributed by atoms with Crippen LogP contribution in [0.4, 0.5) is 0 Å². The van der Waals surface area contributed by atoms with E-state index in [1.807, 2.05) is 10.8 Å². The molecule has 1 aliphatic rings. The number of hydrogen-bond donors (Lipinski definition) is 0. The van der Waals surface area contributed by atoms with E-state index in [1.165, 1.54) is 0 Å². The fourth-order valence-electron chi connectivity index (χ4n) is 1.98. The van der Waals surface area contributed by atoms with Gasteiger partial charge in [-0.2, -0.15) is 0 Å². The van der Waals surface area contributed by atoms with Crippen LogP contribution in [0.15, 0.2) is 10.8 Å². The molecule has 3 heteroatoms. The average molecular weight is 226 g/mol. The van der Waals surface area contributed by atoms with Gasteiger partial charge >= 0.3 is 0 Å². The van der Waals surface area contributed by atoms with Crippen molar-refractivity contribution >= 4 is 11.3 Å². The molecule has 0 amide bonds. The molecule has 0 radical (unpaired) electrons. The first-order valence-electron chi connectivity index (χ1n) is 5.74. The molecule has 2 rings (SSSR count). The maximum atomic E-state index is 5.96. The molecule has 2 heterocycles. The van der Waals surface area contributed by atoms with Crippen molar-refractivity contribution in [3.63, 3.8) is 0 Å². The third-order valence-electron chi connectivity index (χ3n) is 2.71. The van der Waals surface area contributed by atoms with Gasteiger partial charge in [-0.3, -0.25) is 0 Å². The highest BCUT2D eigenvalue weighted by Crippen LogP contribution is 2.39. The minimum absolute atomic E-state index is 0.247. The molecule has 2 nitrogen and oxygen atoms in total. The van der Waals surface area contributed by atoms with E-state index < -0.39 is 0 Å². The van der Waals surface area contributed by atoms with Crippen molar-refractivity contribution in [3.05, 3.63) is 10.8 Å². The van der Waals surface area contributed by atoms with Gasteiger partial charge in [-0.15, -0.1) is 11.3 Å². The van der Waals surface area contributed by atoms with Crippen LogP contribution in [0.5, 0.6) is 11.5 Å². The van der Waals surface area contributed by atoms with E-state index >= 15 is 0 Å². The van der Waals surface area contributed by atoms with Crippen molar-refractivity contribution in [2.24, 2.45) is 0 Å². The Labute approximate surface area is 95.2 Å². The molecular formula is C12H18O2S. The van der Waals surface area contributed by atoms with Crippen LogP contribution in [-0.2, 0) is 0 Å². The Morgan fingerprint density at radius 1 is 1.00 bits per heavy atom. The molecule has 0 aromatic carbocycles. The molecule has 1 aliphatic heterocycles. The van der Waals surface area contributed by atoms with Gasteiger partial charge in [-0.1, -0.05) is 26.7 Å². The molecule has 0 aliphatic carbocycles. The molecule has 0 saturated carbocycles. The molecule has 0 bridgehead atoms. The van der Waals surface area contributed by atoms with Crippen LogP contribution in [0.1, 0.15) is 39.5 Å². The highest BCUT2D eigenvalue weighted by Gasteiger charge is 2.30. The summed E-state index contributed by atoms with van der Waals surface area (Å²) in [6.45, 7) is 4.38. The number of thiophene rings is 1. The van der Waals surface area contributed by atoms with Gasteiger partial charge in [-0.05, 0) is 12.8 Å². The smallest absolute Gasteiger partial charge is 0.172 e. The topological polar surface area (TPSA) is 18.5 Å². The molecule has 0 saturated heterocycles. The lowest BCUT2D eigenvalue weighted by Gasteiger charge is -2.32. The molecule has 1 aromatic rings. The minimum Gasteiger partial charge on any atom is -0.482 e. The van der Waals surface area contributed by atoms with Gasteiger partial charge in [0.25, 0.3) is 0 Å². The maximum Gasteiger partial charge on any atom is 0.172 e. The Balaban J connectivity index is 2.10. The molecule has 2 atom stereocenters. The normalized spacial score (nSPS) is 24.1. The summed E-state index contributed by atoms with van der Waals surface area (Å²) in [5.41, 5.74) is 0. The lowest BCUT2D eigenvalue weighted by molar-refractivity contribution is 0.0119. The highest BCUT2D eigenvalue weighted by atomic mass is 32.1. The van der Waals surface area contributed by atoms with Crippen LogP contribution in [0.3, 0.4) is 0 Å². The van der Waals surface area contributed by atoms with Crippen molar-refractivity contribution in [3.8, 4) is 11.5 Å². The van der Waals surface area contributed by atoms with Crippen molar-refractivity contribution in [2.75, 3.05) is 0 Å². The first-order chi connectivity index (χ1) is 7.35. The van der Waals surface area contributed by atoms with E-state index in [0.29, 0.717) is 0 Å². The summed E-state index contributed by atoms with van der Waals surface area (Å²) in [5.74, 6) is 1.87. The van der Waals surface area contributed by atoms with Crippen molar-refractivity contribution in [1.29, 1.82) is 0 Å². The van der Waals surface area contributed by atoms with Crippen molar-refractivity contribution in [2.45, 2.75) is 51.7 Å². The van der Waals surface area contributed by atoms with Crippen molar-refractivity contribution < 1.29 is 9.47 Å². The van der Waals surface area contributed by atoms with Gasteiger partial charge in [0, 0.05) is 10.8 Å². The molecule has 0 N–H and O–H groups in total. The predicted octanol–water partition coefficient (Wildman–Crippen LogP) is 3.86. The van der Waals surface area contributed by atoms with Crippen LogP contribution in [-0.4, -0.2) is 12.2 Å².